The number of aliphatic hydroxyl groups is 2. The van der Waals surface area contributed by atoms with Gasteiger partial charge in [0.15, 0.2) is 0 Å². The van der Waals surface area contributed by atoms with Gasteiger partial charge in [0.25, 0.3) is 0 Å². The SMILES string of the molecule is C=C1CC[C@H](O)C/C1=C/C=C1\CCC[C@]2(C)[C@@H]([C@H](C)C(CCC(C)(C)O)C(=O)O)CC[C@@H]12. The van der Waals surface area contributed by atoms with Crippen molar-refractivity contribution in [1.82, 2.24) is 0 Å². The summed E-state index contributed by atoms with van der Waals surface area (Å²) in [5, 5.41) is 30.2. The van der Waals surface area contributed by atoms with Crippen LogP contribution in [-0.2, 0) is 4.79 Å². The molecule has 4 heteroatoms. The molecule has 3 N–H and O–H groups in total. The predicted molar refractivity (Wildman–Crippen MR) is 129 cm³/mol. The van der Waals surface area contributed by atoms with Crippen molar-refractivity contribution < 1.29 is 20.1 Å². The van der Waals surface area contributed by atoms with Crippen molar-refractivity contribution in [2.45, 2.75) is 104 Å². The van der Waals surface area contributed by atoms with Gasteiger partial charge in [-0.25, -0.2) is 0 Å². The molecule has 0 saturated heterocycles. The third kappa shape index (κ3) is 5.56. The van der Waals surface area contributed by atoms with E-state index in [0.29, 0.717) is 31.1 Å². The Hall–Kier alpha value is -1.39. The number of carboxylic acid groups (broad SMARTS) is 1. The van der Waals surface area contributed by atoms with Crippen molar-refractivity contribution in [2.75, 3.05) is 0 Å². The Balaban J connectivity index is 1.78. The molecule has 3 aliphatic carbocycles. The average Bonchev–Trinajstić information content (AvgIpc) is 3.05. The molecule has 0 aromatic heterocycles. The topological polar surface area (TPSA) is 77.8 Å². The van der Waals surface area contributed by atoms with E-state index in [4.69, 9.17) is 0 Å². The summed E-state index contributed by atoms with van der Waals surface area (Å²) in [6.07, 6.45) is 13.3. The van der Waals surface area contributed by atoms with Gasteiger partial charge >= 0.3 is 5.97 Å². The number of fused-ring (bicyclic) bond motifs is 1. The molecule has 32 heavy (non-hydrogen) atoms. The Morgan fingerprint density at radius 2 is 1.97 bits per heavy atom. The number of hydrogen-bond acceptors (Lipinski definition) is 3. The van der Waals surface area contributed by atoms with Crippen molar-refractivity contribution in [3.63, 3.8) is 0 Å². The Kier molecular flexibility index (Phi) is 7.77. The third-order valence-corrected chi connectivity index (χ3v) is 8.88. The summed E-state index contributed by atoms with van der Waals surface area (Å²) in [4.78, 5) is 12.1. The first-order valence-corrected chi connectivity index (χ1v) is 12.6. The predicted octanol–water partition coefficient (Wildman–Crippen LogP) is 6.04. The normalized spacial score (nSPS) is 35.7. The first-order valence-electron chi connectivity index (χ1n) is 12.6. The molecule has 0 heterocycles. The molecule has 0 amide bonds. The lowest BCUT2D eigenvalue weighted by molar-refractivity contribution is -0.145. The molecule has 0 radical (unpaired) electrons. The summed E-state index contributed by atoms with van der Waals surface area (Å²) in [5.74, 6) is -0.148. The summed E-state index contributed by atoms with van der Waals surface area (Å²) in [5.41, 5.74) is 3.13. The second kappa shape index (κ2) is 9.85. The summed E-state index contributed by atoms with van der Waals surface area (Å²) < 4.78 is 0. The highest BCUT2D eigenvalue weighted by atomic mass is 16.4. The lowest BCUT2D eigenvalue weighted by Crippen LogP contribution is -2.39. The average molecular weight is 445 g/mol. The van der Waals surface area contributed by atoms with Gasteiger partial charge in [0.1, 0.15) is 0 Å². The number of carboxylic acids is 1. The smallest absolute Gasteiger partial charge is 0.306 e. The van der Waals surface area contributed by atoms with Gasteiger partial charge in [-0.2, -0.15) is 0 Å². The van der Waals surface area contributed by atoms with E-state index in [-0.39, 0.29) is 17.4 Å². The highest BCUT2D eigenvalue weighted by Crippen LogP contribution is 2.60. The molecule has 3 aliphatic rings. The summed E-state index contributed by atoms with van der Waals surface area (Å²) in [6.45, 7) is 12.2. The van der Waals surface area contributed by atoms with Crippen LogP contribution in [-0.4, -0.2) is 33.0 Å². The van der Waals surface area contributed by atoms with Crippen molar-refractivity contribution in [1.29, 1.82) is 0 Å². The Labute approximate surface area is 194 Å². The number of carbonyl (C=O) groups is 1. The largest absolute Gasteiger partial charge is 0.481 e. The standard InChI is InChI=1S/C28H44O4/c1-18-8-11-22(29)17-21(18)10-9-20-7-6-15-28(5)24(12-13-25(20)28)19(2)23(26(30)31)14-16-27(3,4)32/h9-10,19,22-25,29,32H,1,6-8,11-17H2,2-5H3,(H,30,31)/b20-9+,21-10-/t19-,22+,23?,24-,25+,28-/m1/s1. The molecular weight excluding hydrogens is 400 g/mol. The molecule has 0 bridgehead atoms. The van der Waals surface area contributed by atoms with Gasteiger partial charge in [-0.15, -0.1) is 0 Å². The minimum Gasteiger partial charge on any atom is -0.481 e. The van der Waals surface area contributed by atoms with Crippen molar-refractivity contribution in [3.8, 4) is 0 Å². The number of hydrogen-bond donors (Lipinski definition) is 3. The molecule has 1 unspecified atom stereocenters. The monoisotopic (exact) mass is 444 g/mol. The zero-order valence-electron chi connectivity index (χ0n) is 20.6. The second-order valence-corrected chi connectivity index (χ2v) is 11.7. The van der Waals surface area contributed by atoms with Crippen LogP contribution >= 0.6 is 0 Å². The van der Waals surface area contributed by atoms with Gasteiger partial charge < -0.3 is 15.3 Å². The van der Waals surface area contributed by atoms with E-state index < -0.39 is 17.5 Å². The highest BCUT2D eigenvalue weighted by Gasteiger charge is 2.52. The van der Waals surface area contributed by atoms with E-state index in [1.807, 2.05) is 0 Å². The Bertz CT molecular complexity index is 771. The van der Waals surface area contributed by atoms with E-state index in [9.17, 15) is 20.1 Å². The quantitative estimate of drug-likeness (QED) is 0.447. The van der Waals surface area contributed by atoms with Gasteiger partial charge in [-0.3, -0.25) is 4.79 Å². The van der Waals surface area contributed by atoms with Crippen molar-refractivity contribution in [2.24, 2.45) is 29.1 Å². The first-order chi connectivity index (χ1) is 14.9. The molecule has 0 spiro atoms. The number of aliphatic carboxylic acids is 1. The van der Waals surface area contributed by atoms with Crippen LogP contribution in [0.2, 0.25) is 0 Å². The fraction of sp³-hybridized carbons (Fsp3) is 0.750. The lowest BCUT2D eigenvalue weighted by atomic mass is 9.59. The van der Waals surface area contributed by atoms with Crippen LogP contribution in [0.3, 0.4) is 0 Å². The van der Waals surface area contributed by atoms with Crippen LogP contribution in [0, 0.1) is 29.1 Å². The Morgan fingerprint density at radius 3 is 2.62 bits per heavy atom. The molecule has 0 aliphatic heterocycles. The van der Waals surface area contributed by atoms with Crippen molar-refractivity contribution in [3.05, 3.63) is 35.5 Å². The molecule has 0 aromatic carbocycles. The van der Waals surface area contributed by atoms with E-state index in [2.05, 4.69) is 32.6 Å². The minimum atomic E-state index is -0.833. The van der Waals surface area contributed by atoms with Gasteiger partial charge in [-0.1, -0.05) is 43.7 Å². The van der Waals surface area contributed by atoms with E-state index in [1.54, 1.807) is 13.8 Å². The van der Waals surface area contributed by atoms with Gasteiger partial charge in [0.05, 0.1) is 17.6 Å². The second-order valence-electron chi connectivity index (χ2n) is 11.7. The van der Waals surface area contributed by atoms with E-state index in [0.717, 1.165) is 50.5 Å². The van der Waals surface area contributed by atoms with E-state index >= 15 is 0 Å². The highest BCUT2D eigenvalue weighted by molar-refractivity contribution is 5.70. The van der Waals surface area contributed by atoms with Gasteiger partial charge in [0, 0.05) is 0 Å². The molecule has 0 aromatic rings. The van der Waals surface area contributed by atoms with Crippen molar-refractivity contribution >= 4 is 5.97 Å². The van der Waals surface area contributed by atoms with Crippen LogP contribution in [0.15, 0.2) is 35.5 Å². The van der Waals surface area contributed by atoms with Crippen LogP contribution in [0.4, 0.5) is 0 Å². The summed E-state index contributed by atoms with van der Waals surface area (Å²) >= 11 is 0. The third-order valence-electron chi connectivity index (χ3n) is 8.88. The molecule has 3 fully saturated rings. The van der Waals surface area contributed by atoms with Crippen LogP contribution in [0.25, 0.3) is 0 Å². The summed E-state index contributed by atoms with van der Waals surface area (Å²) in [6, 6.07) is 0. The fourth-order valence-electron chi connectivity index (χ4n) is 6.94. The lowest BCUT2D eigenvalue weighted by Gasteiger charge is -2.45. The van der Waals surface area contributed by atoms with Gasteiger partial charge in [-0.05, 0) is 107 Å². The zero-order valence-corrected chi connectivity index (χ0v) is 20.6. The number of aliphatic hydroxyl groups excluding tert-OH is 1. The molecule has 4 nitrogen and oxygen atoms in total. The molecule has 6 atom stereocenters. The van der Waals surface area contributed by atoms with Crippen LogP contribution in [0.5, 0.6) is 0 Å². The van der Waals surface area contributed by atoms with E-state index in [1.165, 1.54) is 11.1 Å². The maximum Gasteiger partial charge on any atom is 0.306 e. The zero-order chi connectivity index (χ0) is 23.7. The molecule has 3 rings (SSSR count). The number of rotatable bonds is 7. The maximum atomic E-state index is 12.1. The number of allylic oxidation sites excluding steroid dienone is 4. The summed E-state index contributed by atoms with van der Waals surface area (Å²) in [7, 11) is 0. The van der Waals surface area contributed by atoms with Crippen LogP contribution < -0.4 is 0 Å². The minimum absolute atomic E-state index is 0.0934. The molecule has 180 valence electrons. The van der Waals surface area contributed by atoms with Gasteiger partial charge in [0.2, 0.25) is 0 Å². The molecular formula is C28H44O4. The maximum absolute atomic E-state index is 12.1. The molecule has 3 saturated carbocycles. The first kappa shape index (κ1) is 25.2. The van der Waals surface area contributed by atoms with Crippen LogP contribution in [0.1, 0.15) is 91.9 Å². The Morgan fingerprint density at radius 1 is 1.25 bits per heavy atom. The fourth-order valence-corrected chi connectivity index (χ4v) is 6.94.